The first-order valence-electron chi connectivity index (χ1n) is 8.80. The molecule has 0 aliphatic carbocycles. The molecule has 9 nitrogen and oxygen atoms in total. The van der Waals surface area contributed by atoms with Gasteiger partial charge in [0.15, 0.2) is 17.0 Å². The average molecular weight is 372 g/mol. The maximum atomic E-state index is 9.65. The zero-order valence-electron chi connectivity index (χ0n) is 15.0. The third-order valence-electron chi connectivity index (χ3n) is 4.53. The van der Waals surface area contributed by atoms with E-state index in [0.717, 1.165) is 16.5 Å². The van der Waals surface area contributed by atoms with Crippen molar-refractivity contribution in [3.63, 3.8) is 0 Å². The van der Waals surface area contributed by atoms with Gasteiger partial charge >= 0.3 is 0 Å². The highest BCUT2D eigenvalue weighted by molar-refractivity contribution is 5.81. The highest BCUT2D eigenvalue weighted by atomic mass is 16.3. The summed E-state index contributed by atoms with van der Waals surface area (Å²) in [5.74, 6) is 0.499. The molecule has 0 spiro atoms. The Morgan fingerprint density at radius 3 is 2.86 bits per heavy atom. The lowest BCUT2D eigenvalue weighted by molar-refractivity contribution is 0.111. The van der Waals surface area contributed by atoms with E-state index in [1.807, 2.05) is 30.3 Å². The van der Waals surface area contributed by atoms with Crippen molar-refractivity contribution in [3.05, 3.63) is 60.7 Å². The molecule has 5 rings (SSSR count). The third-order valence-corrected chi connectivity index (χ3v) is 4.53. The molecule has 1 N–H and O–H groups in total. The van der Waals surface area contributed by atoms with Gasteiger partial charge in [0, 0.05) is 17.8 Å². The lowest BCUT2D eigenvalue weighted by atomic mass is 10.1. The molecule has 28 heavy (non-hydrogen) atoms. The summed E-state index contributed by atoms with van der Waals surface area (Å²) in [6.07, 6.45) is 6.03. The monoisotopic (exact) mass is 372 g/mol. The van der Waals surface area contributed by atoms with Crippen LogP contribution in [0.3, 0.4) is 0 Å². The summed E-state index contributed by atoms with van der Waals surface area (Å²) in [4.78, 5) is 13.5. The number of hydrogen-bond acceptors (Lipinski definition) is 7. The molecule has 0 bridgehead atoms. The second kappa shape index (κ2) is 6.46. The van der Waals surface area contributed by atoms with Crippen molar-refractivity contribution < 1.29 is 5.11 Å². The Bertz CT molecular complexity index is 1280. The van der Waals surface area contributed by atoms with Crippen LogP contribution >= 0.6 is 0 Å². The zero-order chi connectivity index (χ0) is 19.1. The number of aliphatic hydroxyl groups excluding tert-OH is 1. The summed E-state index contributed by atoms with van der Waals surface area (Å²) in [5.41, 5.74) is 3.91. The zero-order valence-corrected chi connectivity index (χ0v) is 15.0. The molecule has 4 heterocycles. The van der Waals surface area contributed by atoms with E-state index in [-0.39, 0.29) is 0 Å². The van der Waals surface area contributed by atoms with Crippen LogP contribution in [0, 0.1) is 0 Å². The van der Waals surface area contributed by atoms with Crippen LogP contribution in [0.1, 0.15) is 18.7 Å². The van der Waals surface area contributed by atoms with Gasteiger partial charge in [-0.05, 0) is 18.6 Å². The van der Waals surface area contributed by atoms with Crippen molar-refractivity contribution in [3.8, 4) is 11.4 Å². The van der Waals surface area contributed by atoms with Crippen molar-refractivity contribution in [2.75, 3.05) is 0 Å². The number of pyridine rings is 1. The lowest BCUT2D eigenvalue weighted by Crippen LogP contribution is -2.05. The molecule has 1 unspecified atom stereocenters. The largest absolute Gasteiger partial charge is 0.372 e. The Kier molecular flexibility index (Phi) is 3.80. The lowest BCUT2D eigenvalue weighted by Gasteiger charge is -2.06. The fourth-order valence-corrected chi connectivity index (χ4v) is 3.13. The summed E-state index contributed by atoms with van der Waals surface area (Å²) in [7, 11) is 0. The summed E-state index contributed by atoms with van der Waals surface area (Å²) in [6.45, 7) is 2.13. The van der Waals surface area contributed by atoms with Crippen LogP contribution in [-0.2, 0) is 6.54 Å². The molecular weight excluding hydrogens is 356 g/mol. The van der Waals surface area contributed by atoms with Crippen LogP contribution in [0.2, 0.25) is 0 Å². The van der Waals surface area contributed by atoms with Gasteiger partial charge in [0.2, 0.25) is 0 Å². The number of aliphatic hydroxyl groups is 1. The van der Waals surface area contributed by atoms with Gasteiger partial charge in [-0.3, -0.25) is 4.98 Å². The fourth-order valence-electron chi connectivity index (χ4n) is 3.13. The number of benzene rings is 1. The fraction of sp³-hybridized carbons (Fsp3) is 0.158. The quantitative estimate of drug-likeness (QED) is 0.515. The molecule has 0 fully saturated rings. The van der Waals surface area contributed by atoms with Crippen LogP contribution in [0.5, 0.6) is 0 Å². The summed E-state index contributed by atoms with van der Waals surface area (Å²) in [6, 6.07) is 10.0. The number of para-hydroxylation sites is 1. The van der Waals surface area contributed by atoms with Crippen LogP contribution in [0.4, 0.5) is 0 Å². The molecule has 0 saturated heterocycles. The van der Waals surface area contributed by atoms with Crippen LogP contribution < -0.4 is 0 Å². The van der Waals surface area contributed by atoms with Gasteiger partial charge in [-0.25, -0.2) is 19.3 Å². The van der Waals surface area contributed by atoms with E-state index in [2.05, 4.69) is 30.4 Å². The molecule has 1 atom stereocenters. The van der Waals surface area contributed by atoms with Crippen molar-refractivity contribution in [2.24, 2.45) is 0 Å². The molecule has 4 aromatic heterocycles. The first-order valence-corrected chi connectivity index (χ1v) is 8.80. The minimum atomic E-state index is -0.719. The average Bonchev–Trinajstić information content (AvgIpc) is 3.36. The third kappa shape index (κ3) is 2.78. The second-order valence-corrected chi connectivity index (χ2v) is 6.48. The maximum absolute atomic E-state index is 9.65. The van der Waals surface area contributed by atoms with E-state index < -0.39 is 6.23 Å². The maximum Gasteiger partial charge on any atom is 0.182 e. The molecule has 5 aromatic rings. The SMILES string of the molecule is CC(O)n1cc(-c2ncc3nnn(Cc4cccc5cccnc45)c3n2)cn1. The Hall–Kier alpha value is -3.72. The van der Waals surface area contributed by atoms with Crippen LogP contribution in [0.25, 0.3) is 33.5 Å². The van der Waals surface area contributed by atoms with Crippen LogP contribution in [0.15, 0.2) is 55.1 Å². The number of rotatable bonds is 4. The van der Waals surface area contributed by atoms with E-state index in [1.54, 1.807) is 36.4 Å². The van der Waals surface area contributed by atoms with Gasteiger partial charge in [0.05, 0.1) is 30.0 Å². The summed E-state index contributed by atoms with van der Waals surface area (Å²) < 4.78 is 3.18. The minimum absolute atomic E-state index is 0.494. The van der Waals surface area contributed by atoms with Crippen molar-refractivity contribution in [2.45, 2.75) is 19.7 Å². The van der Waals surface area contributed by atoms with E-state index in [9.17, 15) is 5.11 Å². The smallest absolute Gasteiger partial charge is 0.182 e. The van der Waals surface area contributed by atoms with Crippen molar-refractivity contribution in [1.82, 2.24) is 39.7 Å². The molecule has 9 heteroatoms. The van der Waals surface area contributed by atoms with E-state index in [1.165, 1.54) is 4.68 Å². The molecule has 138 valence electrons. The Balaban J connectivity index is 1.56. The van der Waals surface area contributed by atoms with Crippen molar-refractivity contribution >= 4 is 22.1 Å². The van der Waals surface area contributed by atoms with Gasteiger partial charge in [-0.2, -0.15) is 5.10 Å². The standard InChI is InChI=1S/C19H16N8O/c1-12(28)26-11-15(8-22-26)18-21-9-16-19(23-18)27(25-24-16)10-14-5-2-4-13-6-3-7-20-17(13)14/h2-9,11-12,28H,10H2,1H3. The Labute approximate surface area is 159 Å². The minimum Gasteiger partial charge on any atom is -0.372 e. The Morgan fingerprint density at radius 1 is 1.11 bits per heavy atom. The molecule has 0 aliphatic rings. The van der Waals surface area contributed by atoms with Gasteiger partial charge in [0.25, 0.3) is 0 Å². The van der Waals surface area contributed by atoms with Crippen LogP contribution in [-0.4, -0.2) is 44.8 Å². The second-order valence-electron chi connectivity index (χ2n) is 6.48. The van der Waals surface area contributed by atoms with E-state index in [0.29, 0.717) is 29.1 Å². The first-order chi connectivity index (χ1) is 13.7. The molecular formula is C19H16N8O. The van der Waals surface area contributed by atoms with E-state index in [4.69, 9.17) is 0 Å². The van der Waals surface area contributed by atoms with E-state index >= 15 is 0 Å². The highest BCUT2D eigenvalue weighted by Gasteiger charge is 2.13. The normalized spacial score (nSPS) is 12.6. The Morgan fingerprint density at radius 2 is 2.00 bits per heavy atom. The van der Waals surface area contributed by atoms with Gasteiger partial charge < -0.3 is 5.11 Å². The highest BCUT2D eigenvalue weighted by Crippen LogP contribution is 2.20. The first kappa shape index (κ1) is 16.5. The van der Waals surface area contributed by atoms with Gasteiger partial charge in [0.1, 0.15) is 6.23 Å². The number of aromatic nitrogens is 8. The number of hydrogen-bond donors (Lipinski definition) is 1. The molecule has 0 radical (unpaired) electrons. The predicted molar refractivity (Wildman–Crippen MR) is 102 cm³/mol. The molecule has 0 amide bonds. The topological polar surface area (TPSA) is 107 Å². The summed E-state index contributed by atoms with van der Waals surface area (Å²) in [5, 5.41) is 23.3. The number of fused-ring (bicyclic) bond motifs is 2. The van der Waals surface area contributed by atoms with Gasteiger partial charge in [-0.1, -0.05) is 29.5 Å². The van der Waals surface area contributed by atoms with Gasteiger partial charge in [-0.15, -0.1) is 5.10 Å². The molecule has 0 aliphatic heterocycles. The number of nitrogens with zero attached hydrogens (tertiary/aromatic N) is 8. The summed E-state index contributed by atoms with van der Waals surface area (Å²) >= 11 is 0. The predicted octanol–water partition coefficient (Wildman–Crippen LogP) is 2.19. The molecule has 1 aromatic carbocycles. The molecule has 0 saturated carbocycles. The van der Waals surface area contributed by atoms with Crippen molar-refractivity contribution in [1.29, 1.82) is 0 Å².